The molecule has 0 aliphatic carbocycles. The van der Waals surface area contributed by atoms with E-state index >= 15 is 0 Å². The van der Waals surface area contributed by atoms with E-state index < -0.39 is 29.3 Å². The Bertz CT molecular complexity index is 1280. The molecule has 1 saturated heterocycles. The summed E-state index contributed by atoms with van der Waals surface area (Å²) in [6, 6.07) is 15.8. The van der Waals surface area contributed by atoms with E-state index in [-0.39, 0.29) is 27.5 Å². The van der Waals surface area contributed by atoms with Gasteiger partial charge in [0.1, 0.15) is 23.1 Å². The average Bonchev–Trinajstić information content (AvgIpc) is 3.09. The first-order valence-electron chi connectivity index (χ1n) is 9.91. The number of amides is 1. The first-order valence-corrected chi connectivity index (χ1v) is 10.3. The van der Waals surface area contributed by atoms with Crippen molar-refractivity contribution in [1.29, 1.82) is 0 Å². The minimum atomic E-state index is -1.21. The lowest BCUT2D eigenvalue weighted by molar-refractivity contribution is -0.132. The van der Waals surface area contributed by atoms with Crippen molar-refractivity contribution >= 4 is 34.7 Å². The first-order chi connectivity index (χ1) is 15.9. The van der Waals surface area contributed by atoms with Gasteiger partial charge in [0.15, 0.2) is 0 Å². The number of ketones is 1. The third-order valence-electron chi connectivity index (χ3n) is 5.41. The summed E-state index contributed by atoms with van der Waals surface area (Å²) in [4.78, 5) is 27.4. The largest absolute Gasteiger partial charge is 0.507 e. The average molecular weight is 468 g/mol. The molecule has 1 amide bonds. The van der Waals surface area contributed by atoms with Crippen LogP contribution < -0.4 is 14.4 Å². The van der Waals surface area contributed by atoms with Crippen molar-refractivity contribution in [2.45, 2.75) is 6.04 Å². The molecular formula is C25H19ClFNO5. The van der Waals surface area contributed by atoms with Crippen LogP contribution in [0.2, 0.25) is 5.02 Å². The summed E-state index contributed by atoms with van der Waals surface area (Å²) in [6.07, 6.45) is 0. The molecule has 1 aliphatic heterocycles. The number of halogens is 2. The minimum absolute atomic E-state index is 0.0562. The van der Waals surface area contributed by atoms with Crippen LogP contribution >= 0.6 is 11.6 Å². The Balaban J connectivity index is 2.01. The predicted molar refractivity (Wildman–Crippen MR) is 122 cm³/mol. The minimum Gasteiger partial charge on any atom is -0.507 e. The van der Waals surface area contributed by atoms with E-state index in [0.29, 0.717) is 11.4 Å². The van der Waals surface area contributed by atoms with Crippen LogP contribution in [0.15, 0.2) is 72.3 Å². The van der Waals surface area contributed by atoms with Crippen molar-refractivity contribution in [3.63, 3.8) is 0 Å². The topological polar surface area (TPSA) is 76.1 Å². The van der Waals surface area contributed by atoms with Crippen LogP contribution in [0.1, 0.15) is 17.2 Å². The Morgan fingerprint density at radius 3 is 2.24 bits per heavy atom. The summed E-state index contributed by atoms with van der Waals surface area (Å²) in [6.45, 7) is 0. The first kappa shape index (κ1) is 22.4. The zero-order valence-corrected chi connectivity index (χ0v) is 18.5. The fourth-order valence-electron chi connectivity index (χ4n) is 3.87. The third kappa shape index (κ3) is 3.81. The van der Waals surface area contributed by atoms with Gasteiger partial charge in [0.25, 0.3) is 11.7 Å². The van der Waals surface area contributed by atoms with Crippen LogP contribution in [0.3, 0.4) is 0 Å². The summed E-state index contributed by atoms with van der Waals surface area (Å²) in [5, 5.41) is 11.4. The molecule has 1 fully saturated rings. The van der Waals surface area contributed by atoms with Gasteiger partial charge in [-0.25, -0.2) is 4.39 Å². The summed E-state index contributed by atoms with van der Waals surface area (Å²) in [5.41, 5.74) is 0.219. The van der Waals surface area contributed by atoms with Crippen molar-refractivity contribution < 1.29 is 28.6 Å². The van der Waals surface area contributed by atoms with Gasteiger partial charge in [-0.2, -0.15) is 0 Å². The number of benzene rings is 3. The molecule has 1 N–H and O–H groups in total. The van der Waals surface area contributed by atoms with Crippen molar-refractivity contribution in [3.8, 4) is 11.5 Å². The summed E-state index contributed by atoms with van der Waals surface area (Å²) in [5.74, 6) is -2.57. The maximum absolute atomic E-state index is 14.9. The van der Waals surface area contributed by atoms with Crippen LogP contribution in [-0.2, 0) is 9.59 Å². The van der Waals surface area contributed by atoms with E-state index in [9.17, 15) is 19.1 Å². The van der Waals surface area contributed by atoms with E-state index in [4.69, 9.17) is 21.1 Å². The Morgan fingerprint density at radius 1 is 0.970 bits per heavy atom. The molecule has 0 saturated carbocycles. The maximum atomic E-state index is 14.9. The molecule has 0 spiro atoms. The molecule has 8 heteroatoms. The second-order valence-electron chi connectivity index (χ2n) is 7.21. The molecule has 33 heavy (non-hydrogen) atoms. The van der Waals surface area contributed by atoms with Gasteiger partial charge in [0.2, 0.25) is 0 Å². The Morgan fingerprint density at radius 2 is 1.61 bits per heavy atom. The lowest BCUT2D eigenvalue weighted by Crippen LogP contribution is -2.29. The number of Topliss-reactive ketones (excluding diaryl/α,β-unsaturated/α-hetero) is 1. The van der Waals surface area contributed by atoms with Crippen LogP contribution in [0.5, 0.6) is 11.5 Å². The van der Waals surface area contributed by atoms with Gasteiger partial charge in [-0.1, -0.05) is 48.0 Å². The number of nitrogens with zero attached hydrogens (tertiary/aromatic N) is 1. The SMILES string of the molecule is COc1cc(OC)c(/C(O)=C2\C(=O)C(=O)N(c3ccccc3)C2c2ccccc2F)cc1Cl. The second-order valence-corrected chi connectivity index (χ2v) is 7.62. The third-order valence-corrected chi connectivity index (χ3v) is 5.70. The number of para-hydroxylation sites is 1. The number of aliphatic hydroxyl groups excluding tert-OH is 1. The zero-order valence-electron chi connectivity index (χ0n) is 17.7. The van der Waals surface area contributed by atoms with Crippen LogP contribution in [0, 0.1) is 5.82 Å². The van der Waals surface area contributed by atoms with E-state index in [1.807, 2.05) is 0 Å². The van der Waals surface area contributed by atoms with E-state index in [0.717, 1.165) is 0 Å². The Hall–Kier alpha value is -3.84. The number of anilines is 1. The van der Waals surface area contributed by atoms with Crippen molar-refractivity contribution in [1.82, 2.24) is 0 Å². The lowest BCUT2D eigenvalue weighted by Gasteiger charge is -2.25. The molecule has 1 heterocycles. The Kier molecular flexibility index (Phi) is 6.07. The van der Waals surface area contributed by atoms with Gasteiger partial charge in [-0.05, 0) is 24.3 Å². The van der Waals surface area contributed by atoms with Gasteiger partial charge in [-0.3, -0.25) is 14.5 Å². The fraction of sp³-hybridized carbons (Fsp3) is 0.120. The zero-order chi connectivity index (χ0) is 23.7. The molecule has 0 bridgehead atoms. The highest BCUT2D eigenvalue weighted by Crippen LogP contribution is 2.45. The van der Waals surface area contributed by atoms with Crippen molar-refractivity contribution in [2.24, 2.45) is 0 Å². The monoisotopic (exact) mass is 467 g/mol. The van der Waals surface area contributed by atoms with Gasteiger partial charge in [0, 0.05) is 17.3 Å². The molecule has 0 radical (unpaired) electrons. The second kappa shape index (κ2) is 8.96. The number of ether oxygens (including phenoxy) is 2. The van der Waals surface area contributed by atoms with E-state index in [2.05, 4.69) is 0 Å². The lowest BCUT2D eigenvalue weighted by atomic mass is 9.94. The molecular weight excluding hydrogens is 449 g/mol. The molecule has 4 rings (SSSR count). The van der Waals surface area contributed by atoms with E-state index in [1.165, 1.54) is 49.5 Å². The molecule has 168 valence electrons. The smallest absolute Gasteiger partial charge is 0.300 e. The van der Waals surface area contributed by atoms with E-state index in [1.54, 1.807) is 36.4 Å². The van der Waals surface area contributed by atoms with Crippen molar-refractivity contribution in [2.75, 3.05) is 19.1 Å². The quantitative estimate of drug-likeness (QED) is 0.320. The normalized spacial score (nSPS) is 17.3. The van der Waals surface area contributed by atoms with Gasteiger partial charge < -0.3 is 14.6 Å². The molecule has 3 aromatic rings. The summed E-state index contributed by atoms with van der Waals surface area (Å²) < 4.78 is 25.4. The maximum Gasteiger partial charge on any atom is 0.300 e. The molecule has 1 aliphatic rings. The standard InChI is InChI=1S/C25H19ClFNO5/c1-32-19-13-20(33-2)17(26)12-16(19)23(29)21-22(15-10-6-7-11-18(15)27)28(25(31)24(21)30)14-8-4-3-5-9-14/h3-13,22,29H,1-2H3/b23-21+. The molecule has 3 aromatic carbocycles. The Labute approximate surface area is 194 Å². The van der Waals surface area contributed by atoms with Crippen LogP contribution in [0.25, 0.3) is 5.76 Å². The number of hydrogen-bond acceptors (Lipinski definition) is 5. The predicted octanol–water partition coefficient (Wildman–Crippen LogP) is 5.12. The molecule has 1 atom stereocenters. The van der Waals surface area contributed by atoms with Gasteiger partial charge >= 0.3 is 0 Å². The van der Waals surface area contributed by atoms with Crippen molar-refractivity contribution in [3.05, 3.63) is 94.3 Å². The number of methoxy groups -OCH3 is 2. The highest BCUT2D eigenvalue weighted by molar-refractivity contribution is 6.51. The number of hydrogen-bond donors (Lipinski definition) is 1. The number of carbonyl (C=O) groups excluding carboxylic acids is 2. The molecule has 6 nitrogen and oxygen atoms in total. The fourth-order valence-corrected chi connectivity index (χ4v) is 4.11. The van der Waals surface area contributed by atoms with Gasteiger partial charge in [-0.15, -0.1) is 0 Å². The highest BCUT2D eigenvalue weighted by atomic mass is 35.5. The number of aliphatic hydroxyl groups is 1. The molecule has 1 unspecified atom stereocenters. The summed E-state index contributed by atoms with van der Waals surface area (Å²) >= 11 is 6.24. The summed E-state index contributed by atoms with van der Waals surface area (Å²) in [7, 11) is 2.79. The van der Waals surface area contributed by atoms with Crippen LogP contribution in [0.4, 0.5) is 10.1 Å². The number of carbonyl (C=O) groups is 2. The van der Waals surface area contributed by atoms with Gasteiger partial charge in [0.05, 0.1) is 36.4 Å². The molecule has 0 aromatic heterocycles. The van der Waals surface area contributed by atoms with Crippen LogP contribution in [-0.4, -0.2) is 31.0 Å². The highest BCUT2D eigenvalue weighted by Gasteiger charge is 2.48. The number of rotatable bonds is 5.